The molecule has 0 aliphatic heterocycles. The summed E-state index contributed by atoms with van der Waals surface area (Å²) in [5.41, 5.74) is 2.88. The van der Waals surface area contributed by atoms with E-state index in [4.69, 9.17) is 9.47 Å². The highest BCUT2D eigenvalue weighted by Crippen LogP contribution is 2.25. The van der Waals surface area contributed by atoms with Crippen molar-refractivity contribution in [2.45, 2.75) is 84.5 Å². The van der Waals surface area contributed by atoms with Crippen LogP contribution in [0.2, 0.25) is 0 Å². The standard InChI is InChI=1S/C33H41FO3/c1-3-5-7-9-10-11-13-27-16-19-29(25-32(27)34)26-14-17-28(18-15-26)33(35)37-31-22-20-30(21-23-31)36-24-12-8-6-4-2/h14-23,25H,3-13,24H2,1-2H3. The molecular weight excluding hydrogens is 463 g/mol. The zero-order valence-electron chi connectivity index (χ0n) is 22.4. The molecule has 3 rings (SSSR count). The summed E-state index contributed by atoms with van der Waals surface area (Å²) in [6.45, 7) is 5.09. The number of rotatable bonds is 16. The van der Waals surface area contributed by atoms with Gasteiger partial charge < -0.3 is 9.47 Å². The van der Waals surface area contributed by atoms with E-state index in [9.17, 15) is 9.18 Å². The maximum absolute atomic E-state index is 14.7. The van der Waals surface area contributed by atoms with E-state index in [1.807, 2.05) is 36.4 Å². The van der Waals surface area contributed by atoms with Crippen LogP contribution >= 0.6 is 0 Å². The number of hydrogen-bond acceptors (Lipinski definition) is 3. The molecule has 4 heteroatoms. The second kappa shape index (κ2) is 15.9. The molecule has 0 aliphatic carbocycles. The van der Waals surface area contributed by atoms with Gasteiger partial charge in [-0.3, -0.25) is 0 Å². The first-order chi connectivity index (χ1) is 18.1. The normalized spacial score (nSPS) is 10.9. The quantitative estimate of drug-likeness (QED) is 0.111. The number of esters is 1. The lowest BCUT2D eigenvalue weighted by atomic mass is 9.99. The number of aryl methyl sites for hydroxylation is 1. The Labute approximate surface area is 222 Å². The molecule has 0 spiro atoms. The Morgan fingerprint density at radius 3 is 1.95 bits per heavy atom. The molecule has 3 nitrogen and oxygen atoms in total. The van der Waals surface area contributed by atoms with Crippen LogP contribution in [0.25, 0.3) is 11.1 Å². The molecule has 0 bridgehead atoms. The van der Waals surface area contributed by atoms with Crippen LogP contribution in [-0.4, -0.2) is 12.6 Å². The second-order valence-electron chi connectivity index (χ2n) is 9.67. The van der Waals surface area contributed by atoms with Gasteiger partial charge in [0.05, 0.1) is 12.2 Å². The Kier molecular flexibility index (Phi) is 12.2. The van der Waals surface area contributed by atoms with Crippen LogP contribution in [0.4, 0.5) is 4.39 Å². The number of carbonyl (C=O) groups is 1. The molecule has 0 saturated heterocycles. The van der Waals surface area contributed by atoms with Gasteiger partial charge in [-0.15, -0.1) is 0 Å². The molecule has 0 aliphatic rings. The topological polar surface area (TPSA) is 35.5 Å². The van der Waals surface area contributed by atoms with Crippen LogP contribution in [0.5, 0.6) is 11.5 Å². The number of ether oxygens (including phenoxy) is 2. The molecule has 0 N–H and O–H groups in total. The second-order valence-corrected chi connectivity index (χ2v) is 9.67. The molecule has 0 heterocycles. The molecule has 0 unspecified atom stereocenters. The molecule has 0 saturated carbocycles. The number of unbranched alkanes of at least 4 members (excludes halogenated alkanes) is 8. The van der Waals surface area contributed by atoms with Crippen LogP contribution < -0.4 is 9.47 Å². The number of benzene rings is 3. The average molecular weight is 505 g/mol. The summed E-state index contributed by atoms with van der Waals surface area (Å²) >= 11 is 0. The van der Waals surface area contributed by atoms with E-state index in [0.29, 0.717) is 17.9 Å². The van der Waals surface area contributed by atoms with Crippen LogP contribution in [-0.2, 0) is 6.42 Å². The van der Waals surface area contributed by atoms with Crippen molar-refractivity contribution in [1.82, 2.24) is 0 Å². The minimum Gasteiger partial charge on any atom is -0.494 e. The summed E-state index contributed by atoms with van der Waals surface area (Å²) in [6, 6.07) is 19.6. The van der Waals surface area contributed by atoms with Crippen LogP contribution in [0.15, 0.2) is 66.7 Å². The van der Waals surface area contributed by atoms with Crippen molar-refractivity contribution >= 4 is 5.97 Å². The Morgan fingerprint density at radius 2 is 1.27 bits per heavy atom. The van der Waals surface area contributed by atoms with E-state index in [-0.39, 0.29) is 5.82 Å². The van der Waals surface area contributed by atoms with Crippen molar-refractivity contribution in [3.8, 4) is 22.6 Å². The molecule has 0 atom stereocenters. The van der Waals surface area contributed by atoms with Crippen molar-refractivity contribution in [1.29, 1.82) is 0 Å². The van der Waals surface area contributed by atoms with Crippen molar-refractivity contribution in [3.63, 3.8) is 0 Å². The predicted octanol–water partition coefficient (Wildman–Crippen LogP) is 9.57. The monoisotopic (exact) mass is 504 g/mol. The Bertz CT molecular complexity index is 1070. The van der Waals surface area contributed by atoms with Gasteiger partial charge in [0.1, 0.15) is 17.3 Å². The van der Waals surface area contributed by atoms with Gasteiger partial charge in [0.25, 0.3) is 0 Å². The molecule has 0 fully saturated rings. The van der Waals surface area contributed by atoms with E-state index in [1.165, 1.54) is 44.9 Å². The van der Waals surface area contributed by atoms with Gasteiger partial charge in [0, 0.05) is 0 Å². The maximum Gasteiger partial charge on any atom is 0.343 e. The number of halogens is 1. The predicted molar refractivity (Wildman–Crippen MR) is 150 cm³/mol. The fraction of sp³-hybridized carbons (Fsp3) is 0.424. The smallest absolute Gasteiger partial charge is 0.343 e. The van der Waals surface area contributed by atoms with E-state index in [0.717, 1.165) is 48.1 Å². The highest BCUT2D eigenvalue weighted by atomic mass is 19.1. The SMILES string of the molecule is CCCCCCCCc1ccc(-c2ccc(C(=O)Oc3ccc(OCCCCCC)cc3)cc2)cc1F. The molecule has 0 amide bonds. The van der Waals surface area contributed by atoms with Crippen molar-refractivity contribution in [2.75, 3.05) is 6.61 Å². The van der Waals surface area contributed by atoms with Gasteiger partial charge in [-0.05, 0) is 78.4 Å². The fourth-order valence-electron chi connectivity index (χ4n) is 4.31. The third-order valence-electron chi connectivity index (χ3n) is 6.61. The Hall–Kier alpha value is -3.14. The first-order valence-electron chi connectivity index (χ1n) is 13.9. The van der Waals surface area contributed by atoms with Gasteiger partial charge in [-0.2, -0.15) is 0 Å². The van der Waals surface area contributed by atoms with Gasteiger partial charge in [0.2, 0.25) is 0 Å². The summed E-state index contributed by atoms with van der Waals surface area (Å²) in [5, 5.41) is 0. The lowest BCUT2D eigenvalue weighted by Crippen LogP contribution is -2.08. The van der Waals surface area contributed by atoms with Crippen LogP contribution in [0.3, 0.4) is 0 Å². The minimum absolute atomic E-state index is 0.164. The van der Waals surface area contributed by atoms with Crippen molar-refractivity contribution in [2.24, 2.45) is 0 Å². The fourth-order valence-corrected chi connectivity index (χ4v) is 4.31. The van der Waals surface area contributed by atoms with Crippen molar-refractivity contribution in [3.05, 3.63) is 83.7 Å². The van der Waals surface area contributed by atoms with E-state index >= 15 is 0 Å². The highest BCUT2D eigenvalue weighted by Gasteiger charge is 2.11. The third-order valence-corrected chi connectivity index (χ3v) is 6.61. The molecule has 37 heavy (non-hydrogen) atoms. The molecular formula is C33H41FO3. The van der Waals surface area contributed by atoms with Gasteiger partial charge in [-0.25, -0.2) is 9.18 Å². The number of hydrogen-bond donors (Lipinski definition) is 0. The molecule has 198 valence electrons. The molecule has 3 aromatic carbocycles. The zero-order valence-corrected chi connectivity index (χ0v) is 22.4. The van der Waals surface area contributed by atoms with Gasteiger partial charge in [-0.1, -0.05) is 89.5 Å². The summed E-state index contributed by atoms with van der Waals surface area (Å²) < 4.78 is 25.9. The summed E-state index contributed by atoms with van der Waals surface area (Å²) in [6.07, 6.45) is 12.6. The van der Waals surface area contributed by atoms with E-state index < -0.39 is 5.97 Å². The largest absolute Gasteiger partial charge is 0.494 e. The minimum atomic E-state index is -0.430. The van der Waals surface area contributed by atoms with Crippen molar-refractivity contribution < 1.29 is 18.7 Å². The summed E-state index contributed by atoms with van der Waals surface area (Å²) in [5.74, 6) is 0.643. The lowest BCUT2D eigenvalue weighted by Gasteiger charge is -2.09. The third kappa shape index (κ3) is 9.68. The number of carbonyl (C=O) groups excluding carboxylic acids is 1. The Balaban J connectivity index is 1.49. The zero-order chi connectivity index (χ0) is 26.3. The summed E-state index contributed by atoms with van der Waals surface area (Å²) in [7, 11) is 0. The van der Waals surface area contributed by atoms with E-state index in [1.54, 1.807) is 30.3 Å². The average Bonchev–Trinajstić information content (AvgIpc) is 2.92. The Morgan fingerprint density at radius 1 is 0.676 bits per heavy atom. The van der Waals surface area contributed by atoms with Crippen LogP contribution in [0.1, 0.15) is 94.0 Å². The molecule has 0 aromatic heterocycles. The van der Waals surface area contributed by atoms with Gasteiger partial charge in [0.15, 0.2) is 0 Å². The van der Waals surface area contributed by atoms with Crippen LogP contribution in [0, 0.1) is 5.82 Å². The summed E-state index contributed by atoms with van der Waals surface area (Å²) in [4.78, 5) is 12.6. The molecule has 0 radical (unpaired) electrons. The van der Waals surface area contributed by atoms with Gasteiger partial charge >= 0.3 is 5.97 Å². The first-order valence-corrected chi connectivity index (χ1v) is 13.9. The first kappa shape index (κ1) is 28.4. The maximum atomic E-state index is 14.7. The lowest BCUT2D eigenvalue weighted by molar-refractivity contribution is 0.0734. The molecule has 3 aromatic rings. The highest BCUT2D eigenvalue weighted by molar-refractivity contribution is 5.91. The van der Waals surface area contributed by atoms with E-state index in [2.05, 4.69) is 13.8 Å².